The molecular formula is C16H16Br2. The number of hydrogen-bond acceptors (Lipinski definition) is 0. The standard InChI is InChI=1S/C16H16Br2/c1-10-7-8-11(2)14(9-10)16(18)13-6-4-5-12(3)15(13)17/h4-9,16H,1-3H3. The summed E-state index contributed by atoms with van der Waals surface area (Å²) >= 11 is 7.53. The zero-order chi connectivity index (χ0) is 13.3. The van der Waals surface area contributed by atoms with E-state index in [1.54, 1.807) is 0 Å². The fraction of sp³-hybridized carbons (Fsp3) is 0.250. The molecule has 2 heteroatoms. The van der Waals surface area contributed by atoms with E-state index < -0.39 is 0 Å². The molecule has 0 nitrogen and oxygen atoms in total. The largest absolute Gasteiger partial charge is 0.0786 e. The maximum atomic E-state index is 3.83. The van der Waals surface area contributed by atoms with Gasteiger partial charge in [0.15, 0.2) is 0 Å². The molecule has 2 aromatic carbocycles. The molecule has 0 aliphatic rings. The Hall–Kier alpha value is -0.600. The highest BCUT2D eigenvalue weighted by molar-refractivity contribution is 9.11. The van der Waals surface area contributed by atoms with Crippen molar-refractivity contribution in [2.75, 3.05) is 0 Å². The highest BCUT2D eigenvalue weighted by Crippen LogP contribution is 2.38. The average molecular weight is 368 g/mol. The Labute approximate surface area is 126 Å². The lowest BCUT2D eigenvalue weighted by Crippen LogP contribution is -1.98. The van der Waals surface area contributed by atoms with E-state index in [9.17, 15) is 0 Å². The van der Waals surface area contributed by atoms with Crippen LogP contribution in [-0.2, 0) is 0 Å². The monoisotopic (exact) mass is 366 g/mol. The molecule has 2 aromatic rings. The molecule has 1 unspecified atom stereocenters. The van der Waals surface area contributed by atoms with E-state index in [0.29, 0.717) is 0 Å². The van der Waals surface area contributed by atoms with Gasteiger partial charge in [-0.25, -0.2) is 0 Å². The van der Waals surface area contributed by atoms with E-state index in [-0.39, 0.29) is 4.83 Å². The van der Waals surface area contributed by atoms with Crippen LogP contribution in [0.2, 0.25) is 0 Å². The van der Waals surface area contributed by atoms with Crippen LogP contribution >= 0.6 is 31.9 Å². The normalized spacial score (nSPS) is 12.5. The lowest BCUT2D eigenvalue weighted by molar-refractivity contribution is 1.11. The molecular weight excluding hydrogens is 352 g/mol. The zero-order valence-corrected chi connectivity index (χ0v) is 14.0. The summed E-state index contributed by atoms with van der Waals surface area (Å²) in [5.74, 6) is 0. The van der Waals surface area contributed by atoms with Gasteiger partial charge in [0.25, 0.3) is 0 Å². The van der Waals surface area contributed by atoms with E-state index in [0.717, 1.165) is 0 Å². The van der Waals surface area contributed by atoms with E-state index in [2.05, 4.69) is 89.0 Å². The summed E-state index contributed by atoms with van der Waals surface area (Å²) in [6, 6.07) is 13.0. The van der Waals surface area contributed by atoms with Gasteiger partial charge in [0.05, 0.1) is 4.83 Å². The first-order chi connectivity index (χ1) is 8.50. The van der Waals surface area contributed by atoms with Gasteiger partial charge in [0, 0.05) is 4.47 Å². The first-order valence-corrected chi connectivity index (χ1v) is 7.68. The molecule has 94 valence electrons. The van der Waals surface area contributed by atoms with Gasteiger partial charge in [-0.05, 0) is 43.0 Å². The number of hydrogen-bond donors (Lipinski definition) is 0. The van der Waals surface area contributed by atoms with Crippen LogP contribution in [0.5, 0.6) is 0 Å². The SMILES string of the molecule is Cc1ccc(C)c(C(Br)c2cccc(C)c2Br)c1. The number of halogens is 2. The summed E-state index contributed by atoms with van der Waals surface area (Å²) in [6.45, 7) is 6.41. The molecule has 0 saturated heterocycles. The predicted molar refractivity (Wildman–Crippen MR) is 85.6 cm³/mol. The first kappa shape index (κ1) is 13.8. The molecule has 0 aliphatic heterocycles. The van der Waals surface area contributed by atoms with Gasteiger partial charge in [0.2, 0.25) is 0 Å². The van der Waals surface area contributed by atoms with E-state index in [1.807, 2.05) is 0 Å². The maximum Gasteiger partial charge on any atom is 0.0658 e. The lowest BCUT2D eigenvalue weighted by atomic mass is 9.97. The Bertz CT molecular complexity index is 571. The number of rotatable bonds is 2. The van der Waals surface area contributed by atoms with Crippen molar-refractivity contribution in [3.63, 3.8) is 0 Å². The minimum Gasteiger partial charge on any atom is -0.0786 e. The van der Waals surface area contributed by atoms with Crippen LogP contribution in [0.1, 0.15) is 32.6 Å². The molecule has 0 N–H and O–H groups in total. The van der Waals surface area contributed by atoms with Gasteiger partial charge in [0.1, 0.15) is 0 Å². The Morgan fingerprint density at radius 3 is 2.33 bits per heavy atom. The topological polar surface area (TPSA) is 0 Å². The quantitative estimate of drug-likeness (QED) is 0.583. The second-order valence-corrected chi connectivity index (χ2v) is 6.41. The smallest absolute Gasteiger partial charge is 0.0658 e. The molecule has 0 radical (unpaired) electrons. The molecule has 0 aromatic heterocycles. The molecule has 0 spiro atoms. The predicted octanol–water partition coefficient (Wildman–Crippen LogP) is 5.86. The minimum absolute atomic E-state index is 0.228. The van der Waals surface area contributed by atoms with Gasteiger partial charge in [-0.15, -0.1) is 0 Å². The van der Waals surface area contributed by atoms with E-state index in [4.69, 9.17) is 0 Å². The van der Waals surface area contributed by atoms with Crippen molar-refractivity contribution in [3.05, 3.63) is 68.7 Å². The summed E-state index contributed by atoms with van der Waals surface area (Å²) in [5.41, 5.74) is 6.49. The van der Waals surface area contributed by atoms with Crippen LogP contribution in [-0.4, -0.2) is 0 Å². The van der Waals surface area contributed by atoms with E-state index >= 15 is 0 Å². The maximum absolute atomic E-state index is 3.83. The van der Waals surface area contributed by atoms with Crippen LogP contribution in [0.25, 0.3) is 0 Å². The third-order valence-electron chi connectivity index (χ3n) is 3.20. The third kappa shape index (κ3) is 2.70. The second-order valence-electron chi connectivity index (χ2n) is 4.70. The van der Waals surface area contributed by atoms with Gasteiger partial charge in [-0.2, -0.15) is 0 Å². The molecule has 0 saturated carbocycles. The number of benzene rings is 2. The Morgan fingerprint density at radius 1 is 0.889 bits per heavy atom. The lowest BCUT2D eigenvalue weighted by Gasteiger charge is -2.17. The molecule has 0 aliphatic carbocycles. The fourth-order valence-electron chi connectivity index (χ4n) is 2.07. The first-order valence-electron chi connectivity index (χ1n) is 5.97. The minimum atomic E-state index is 0.228. The van der Waals surface area contributed by atoms with Gasteiger partial charge >= 0.3 is 0 Å². The van der Waals surface area contributed by atoms with Crippen LogP contribution < -0.4 is 0 Å². The van der Waals surface area contributed by atoms with Crippen molar-refractivity contribution < 1.29 is 0 Å². The number of aryl methyl sites for hydroxylation is 3. The molecule has 0 fully saturated rings. The molecule has 0 bridgehead atoms. The average Bonchev–Trinajstić information content (AvgIpc) is 2.35. The van der Waals surface area contributed by atoms with Gasteiger partial charge in [-0.1, -0.05) is 73.8 Å². The Kier molecular flexibility index (Phi) is 4.29. The van der Waals surface area contributed by atoms with Crippen molar-refractivity contribution in [1.82, 2.24) is 0 Å². The van der Waals surface area contributed by atoms with Crippen molar-refractivity contribution >= 4 is 31.9 Å². The van der Waals surface area contributed by atoms with Crippen LogP contribution in [0.4, 0.5) is 0 Å². The van der Waals surface area contributed by atoms with Crippen LogP contribution in [0.15, 0.2) is 40.9 Å². The summed E-state index contributed by atoms with van der Waals surface area (Å²) in [6.07, 6.45) is 0. The summed E-state index contributed by atoms with van der Waals surface area (Å²) < 4.78 is 1.19. The van der Waals surface area contributed by atoms with Gasteiger partial charge < -0.3 is 0 Å². The zero-order valence-electron chi connectivity index (χ0n) is 10.8. The highest BCUT2D eigenvalue weighted by atomic mass is 79.9. The molecule has 0 amide bonds. The number of alkyl halides is 1. The Morgan fingerprint density at radius 2 is 1.61 bits per heavy atom. The van der Waals surface area contributed by atoms with Gasteiger partial charge in [-0.3, -0.25) is 0 Å². The highest BCUT2D eigenvalue weighted by Gasteiger charge is 2.16. The molecule has 0 heterocycles. The summed E-state index contributed by atoms with van der Waals surface area (Å²) in [5, 5.41) is 0. The van der Waals surface area contributed by atoms with Crippen molar-refractivity contribution in [3.8, 4) is 0 Å². The fourth-order valence-corrected chi connectivity index (χ4v) is 3.74. The molecule has 18 heavy (non-hydrogen) atoms. The third-order valence-corrected chi connectivity index (χ3v) is 5.27. The summed E-state index contributed by atoms with van der Waals surface area (Å²) in [7, 11) is 0. The van der Waals surface area contributed by atoms with Crippen molar-refractivity contribution in [2.45, 2.75) is 25.6 Å². The Balaban J connectivity index is 2.51. The van der Waals surface area contributed by atoms with Crippen molar-refractivity contribution in [1.29, 1.82) is 0 Å². The van der Waals surface area contributed by atoms with E-state index in [1.165, 1.54) is 32.3 Å². The van der Waals surface area contributed by atoms with Crippen molar-refractivity contribution in [2.24, 2.45) is 0 Å². The van der Waals surface area contributed by atoms with Crippen LogP contribution in [0.3, 0.4) is 0 Å². The molecule has 2 rings (SSSR count). The second kappa shape index (κ2) is 5.58. The molecule has 1 atom stereocenters. The summed E-state index contributed by atoms with van der Waals surface area (Å²) in [4.78, 5) is 0.228. The van der Waals surface area contributed by atoms with Crippen LogP contribution in [0, 0.1) is 20.8 Å².